The lowest BCUT2D eigenvalue weighted by Crippen LogP contribution is -2.39. The number of aromatic nitrogens is 1. The summed E-state index contributed by atoms with van der Waals surface area (Å²) in [4.78, 5) is 20.2. The van der Waals surface area contributed by atoms with Gasteiger partial charge in [0.25, 0.3) is 0 Å². The van der Waals surface area contributed by atoms with Crippen molar-refractivity contribution in [1.82, 2.24) is 9.88 Å². The number of carbonyl (C=O) groups excluding carboxylic acids is 1. The summed E-state index contributed by atoms with van der Waals surface area (Å²) >= 11 is 0. The number of rotatable bonds is 1. The number of nitriles is 1. The molecule has 0 aromatic carbocycles. The number of nitrogens with zero attached hydrogens (tertiary/aromatic N) is 4. The fourth-order valence-electron chi connectivity index (χ4n) is 2.45. The average Bonchev–Trinajstić information content (AvgIpc) is 2.71. The normalized spacial score (nSPS) is 15.7. The Morgan fingerprint density at radius 1 is 1.35 bits per heavy atom. The number of pyridine rings is 1. The lowest BCUT2D eigenvalue weighted by atomic mass is 10.2. The second-order valence-corrected chi connectivity index (χ2v) is 6.52. The molecule has 2 rings (SSSR count). The highest BCUT2D eigenvalue weighted by Crippen LogP contribution is 2.24. The standard InChI is InChI=1S/C16H23N5O2/c1-16(2,3)23-15(22)21-8-4-7-20(9-10-21)14-13(18)12(11-17)5-6-19-14/h5-6H,4,7-10,18H2,1-3H3. The lowest BCUT2D eigenvalue weighted by Gasteiger charge is -2.27. The van der Waals surface area contributed by atoms with Gasteiger partial charge in [-0.25, -0.2) is 9.78 Å². The number of ether oxygens (including phenoxy) is 1. The molecule has 1 fully saturated rings. The third kappa shape index (κ3) is 4.25. The van der Waals surface area contributed by atoms with Crippen molar-refractivity contribution in [1.29, 1.82) is 5.26 Å². The van der Waals surface area contributed by atoms with Gasteiger partial charge in [-0.1, -0.05) is 0 Å². The van der Waals surface area contributed by atoms with Crippen molar-refractivity contribution in [2.75, 3.05) is 36.8 Å². The summed E-state index contributed by atoms with van der Waals surface area (Å²) in [6, 6.07) is 3.67. The number of nitrogens with two attached hydrogens (primary N) is 1. The molecule has 0 saturated carbocycles. The predicted molar refractivity (Wildman–Crippen MR) is 88.0 cm³/mol. The monoisotopic (exact) mass is 317 g/mol. The second-order valence-electron chi connectivity index (χ2n) is 6.52. The van der Waals surface area contributed by atoms with E-state index in [4.69, 9.17) is 15.7 Å². The van der Waals surface area contributed by atoms with E-state index in [1.54, 1.807) is 17.2 Å². The van der Waals surface area contributed by atoms with Gasteiger partial charge in [0, 0.05) is 32.4 Å². The molecule has 0 unspecified atom stereocenters. The molecule has 0 atom stereocenters. The molecule has 7 heteroatoms. The summed E-state index contributed by atoms with van der Waals surface area (Å²) in [6.45, 7) is 8.06. The maximum absolute atomic E-state index is 12.2. The molecule has 124 valence electrons. The largest absolute Gasteiger partial charge is 0.444 e. The number of anilines is 2. The molecule has 0 radical (unpaired) electrons. The first-order valence-electron chi connectivity index (χ1n) is 7.69. The van der Waals surface area contributed by atoms with Gasteiger partial charge >= 0.3 is 6.09 Å². The smallest absolute Gasteiger partial charge is 0.410 e. The van der Waals surface area contributed by atoms with Gasteiger partial charge in [-0.2, -0.15) is 5.26 Å². The van der Waals surface area contributed by atoms with E-state index in [-0.39, 0.29) is 6.09 Å². The molecule has 1 amide bonds. The van der Waals surface area contributed by atoms with E-state index in [0.29, 0.717) is 36.7 Å². The van der Waals surface area contributed by atoms with Crippen LogP contribution in [0.3, 0.4) is 0 Å². The Labute approximate surface area is 136 Å². The van der Waals surface area contributed by atoms with Gasteiger partial charge in [0.1, 0.15) is 11.7 Å². The Bertz CT molecular complexity index is 618. The molecule has 1 saturated heterocycles. The summed E-state index contributed by atoms with van der Waals surface area (Å²) in [5.74, 6) is 0.607. The van der Waals surface area contributed by atoms with Crippen LogP contribution in [0, 0.1) is 11.3 Å². The zero-order chi connectivity index (χ0) is 17.0. The summed E-state index contributed by atoms with van der Waals surface area (Å²) < 4.78 is 5.42. The average molecular weight is 317 g/mol. The highest BCUT2D eigenvalue weighted by atomic mass is 16.6. The van der Waals surface area contributed by atoms with E-state index in [1.807, 2.05) is 25.7 Å². The zero-order valence-electron chi connectivity index (χ0n) is 13.9. The third-order valence-corrected chi connectivity index (χ3v) is 3.54. The van der Waals surface area contributed by atoms with Crippen LogP contribution in [0.5, 0.6) is 0 Å². The zero-order valence-corrected chi connectivity index (χ0v) is 13.9. The van der Waals surface area contributed by atoms with Gasteiger partial charge in [-0.15, -0.1) is 0 Å². The van der Waals surface area contributed by atoms with Crippen molar-refractivity contribution in [3.63, 3.8) is 0 Å². The van der Waals surface area contributed by atoms with Gasteiger partial charge in [0.15, 0.2) is 5.82 Å². The van der Waals surface area contributed by atoms with Crippen LogP contribution < -0.4 is 10.6 Å². The number of nitrogen functional groups attached to an aromatic ring is 1. The Hall–Kier alpha value is -2.49. The van der Waals surface area contributed by atoms with E-state index >= 15 is 0 Å². The Kier molecular flexibility index (Phi) is 4.94. The summed E-state index contributed by atoms with van der Waals surface area (Å²) in [7, 11) is 0. The van der Waals surface area contributed by atoms with Crippen molar-refractivity contribution in [3.05, 3.63) is 17.8 Å². The molecular formula is C16H23N5O2. The van der Waals surface area contributed by atoms with E-state index < -0.39 is 5.60 Å². The first-order chi connectivity index (χ1) is 10.8. The van der Waals surface area contributed by atoms with Crippen LogP contribution in [0.15, 0.2) is 12.3 Å². The molecule has 1 aliphatic rings. The molecule has 0 bridgehead atoms. The first-order valence-corrected chi connectivity index (χ1v) is 7.69. The van der Waals surface area contributed by atoms with Gasteiger partial charge in [0.2, 0.25) is 0 Å². The number of hydrogen-bond donors (Lipinski definition) is 1. The van der Waals surface area contributed by atoms with E-state index in [2.05, 4.69) is 11.1 Å². The highest BCUT2D eigenvalue weighted by molar-refractivity contribution is 5.71. The Morgan fingerprint density at radius 3 is 2.74 bits per heavy atom. The van der Waals surface area contributed by atoms with Crippen LogP contribution in [-0.4, -0.2) is 47.8 Å². The van der Waals surface area contributed by atoms with Crippen molar-refractivity contribution >= 4 is 17.6 Å². The third-order valence-electron chi connectivity index (χ3n) is 3.54. The van der Waals surface area contributed by atoms with Crippen molar-refractivity contribution in [2.45, 2.75) is 32.8 Å². The number of carbonyl (C=O) groups is 1. The van der Waals surface area contributed by atoms with E-state index in [0.717, 1.165) is 13.0 Å². The second kappa shape index (κ2) is 6.73. The van der Waals surface area contributed by atoms with E-state index in [9.17, 15) is 4.79 Å². The molecule has 1 aliphatic heterocycles. The molecule has 0 spiro atoms. The van der Waals surface area contributed by atoms with Crippen molar-refractivity contribution in [3.8, 4) is 6.07 Å². The Balaban J connectivity index is 2.07. The minimum Gasteiger partial charge on any atom is -0.444 e. The molecule has 2 N–H and O–H groups in total. The van der Waals surface area contributed by atoms with Crippen LogP contribution >= 0.6 is 0 Å². The first kappa shape index (κ1) is 16.9. The summed E-state index contributed by atoms with van der Waals surface area (Å²) in [5.41, 5.74) is 6.33. The van der Waals surface area contributed by atoms with Gasteiger partial charge in [0.05, 0.1) is 11.3 Å². The van der Waals surface area contributed by atoms with Crippen LogP contribution in [0.4, 0.5) is 16.3 Å². The molecule has 7 nitrogen and oxygen atoms in total. The minimum atomic E-state index is -0.504. The minimum absolute atomic E-state index is 0.300. The molecule has 0 aliphatic carbocycles. The lowest BCUT2D eigenvalue weighted by molar-refractivity contribution is 0.0263. The molecular weight excluding hydrogens is 294 g/mol. The van der Waals surface area contributed by atoms with Crippen LogP contribution in [-0.2, 0) is 4.74 Å². The molecule has 2 heterocycles. The molecule has 1 aromatic rings. The van der Waals surface area contributed by atoms with Gasteiger partial charge in [-0.05, 0) is 33.3 Å². The molecule has 1 aromatic heterocycles. The quantitative estimate of drug-likeness (QED) is 0.851. The van der Waals surface area contributed by atoms with Gasteiger partial charge in [-0.3, -0.25) is 0 Å². The SMILES string of the molecule is CC(C)(C)OC(=O)N1CCCN(c2nccc(C#N)c2N)CC1. The predicted octanol–water partition coefficient (Wildman–Crippen LogP) is 1.98. The van der Waals surface area contributed by atoms with Crippen LogP contribution in [0.2, 0.25) is 0 Å². The van der Waals surface area contributed by atoms with Gasteiger partial charge < -0.3 is 20.3 Å². The van der Waals surface area contributed by atoms with Crippen LogP contribution in [0.1, 0.15) is 32.8 Å². The van der Waals surface area contributed by atoms with Crippen molar-refractivity contribution < 1.29 is 9.53 Å². The molecule has 23 heavy (non-hydrogen) atoms. The summed E-state index contributed by atoms with van der Waals surface area (Å²) in [5, 5.41) is 9.07. The topological polar surface area (TPSA) is 95.5 Å². The maximum Gasteiger partial charge on any atom is 0.410 e. The fourth-order valence-corrected chi connectivity index (χ4v) is 2.45. The summed E-state index contributed by atoms with van der Waals surface area (Å²) in [6.07, 6.45) is 2.07. The fraction of sp³-hybridized carbons (Fsp3) is 0.562. The maximum atomic E-state index is 12.2. The van der Waals surface area contributed by atoms with E-state index in [1.165, 1.54) is 0 Å². The number of amides is 1. The van der Waals surface area contributed by atoms with Crippen molar-refractivity contribution in [2.24, 2.45) is 0 Å². The Morgan fingerprint density at radius 2 is 2.09 bits per heavy atom. The number of hydrogen-bond acceptors (Lipinski definition) is 6. The highest BCUT2D eigenvalue weighted by Gasteiger charge is 2.25. The van der Waals surface area contributed by atoms with Crippen LogP contribution in [0.25, 0.3) is 0 Å².